The minimum Gasteiger partial charge on any atom is -0.384 e. The van der Waals surface area contributed by atoms with Crippen molar-refractivity contribution in [3.05, 3.63) is 70.1 Å². The number of amides is 1. The average Bonchev–Trinajstić information content (AvgIpc) is 2.55. The lowest BCUT2D eigenvalue weighted by Gasteiger charge is -2.07. The van der Waals surface area contributed by atoms with Crippen molar-refractivity contribution in [2.24, 2.45) is 0 Å². The second kappa shape index (κ2) is 8.18. The maximum atomic E-state index is 12.1. The standard InChI is InChI=1S/C16H12Cl2N4O/c17-12-4-5-15(14(18)7-12)22-16(23)11(8-19)9-20-10-13-3-1-2-6-21-13/h1-7,9,20H,10H2,(H,22,23)/b11-9-. The molecule has 0 aliphatic heterocycles. The zero-order valence-corrected chi connectivity index (χ0v) is 13.4. The fraction of sp³-hybridized carbons (Fsp3) is 0.0625. The molecule has 1 heterocycles. The zero-order valence-electron chi connectivity index (χ0n) is 11.9. The second-order valence-corrected chi connectivity index (χ2v) is 5.29. The molecule has 0 saturated carbocycles. The molecular weight excluding hydrogens is 335 g/mol. The highest BCUT2D eigenvalue weighted by Crippen LogP contribution is 2.25. The smallest absolute Gasteiger partial charge is 0.267 e. The van der Waals surface area contributed by atoms with Crippen molar-refractivity contribution >= 4 is 34.8 Å². The summed E-state index contributed by atoms with van der Waals surface area (Å²) in [6, 6.07) is 12.0. The Balaban J connectivity index is 2.00. The van der Waals surface area contributed by atoms with E-state index in [0.717, 1.165) is 5.69 Å². The quantitative estimate of drug-likeness (QED) is 0.641. The van der Waals surface area contributed by atoms with E-state index in [2.05, 4.69) is 15.6 Å². The molecule has 0 unspecified atom stereocenters. The number of anilines is 1. The van der Waals surface area contributed by atoms with Gasteiger partial charge in [0.05, 0.1) is 22.9 Å². The summed E-state index contributed by atoms with van der Waals surface area (Å²) in [7, 11) is 0. The van der Waals surface area contributed by atoms with E-state index in [-0.39, 0.29) is 5.57 Å². The van der Waals surface area contributed by atoms with Crippen LogP contribution in [0.1, 0.15) is 5.69 Å². The van der Waals surface area contributed by atoms with Gasteiger partial charge in [-0.25, -0.2) is 0 Å². The predicted octanol–water partition coefficient (Wildman–Crippen LogP) is 3.52. The number of benzene rings is 1. The van der Waals surface area contributed by atoms with Crippen LogP contribution in [0.25, 0.3) is 0 Å². The summed E-state index contributed by atoms with van der Waals surface area (Å²) in [5, 5.41) is 15.3. The number of carbonyl (C=O) groups is 1. The molecule has 0 aliphatic carbocycles. The maximum Gasteiger partial charge on any atom is 0.267 e. The van der Waals surface area contributed by atoms with Crippen molar-refractivity contribution < 1.29 is 4.79 Å². The van der Waals surface area contributed by atoms with Gasteiger partial charge in [-0.05, 0) is 30.3 Å². The summed E-state index contributed by atoms with van der Waals surface area (Å²) < 4.78 is 0. The highest BCUT2D eigenvalue weighted by molar-refractivity contribution is 6.36. The molecule has 116 valence electrons. The molecule has 0 fully saturated rings. The summed E-state index contributed by atoms with van der Waals surface area (Å²) in [6.45, 7) is 0.404. The van der Waals surface area contributed by atoms with Crippen LogP contribution in [0, 0.1) is 11.3 Å². The molecular formula is C16H12Cl2N4O. The topological polar surface area (TPSA) is 77.8 Å². The van der Waals surface area contributed by atoms with Gasteiger partial charge in [0.15, 0.2) is 0 Å². The van der Waals surface area contributed by atoms with Crippen LogP contribution in [0.3, 0.4) is 0 Å². The lowest BCUT2D eigenvalue weighted by atomic mass is 10.2. The molecule has 1 aromatic heterocycles. The second-order valence-electron chi connectivity index (χ2n) is 4.45. The molecule has 23 heavy (non-hydrogen) atoms. The van der Waals surface area contributed by atoms with E-state index >= 15 is 0 Å². The summed E-state index contributed by atoms with van der Waals surface area (Å²) in [6.07, 6.45) is 3.01. The molecule has 1 aromatic carbocycles. The van der Waals surface area contributed by atoms with Crippen LogP contribution in [0.2, 0.25) is 10.0 Å². The van der Waals surface area contributed by atoms with Crippen LogP contribution in [0.4, 0.5) is 5.69 Å². The van der Waals surface area contributed by atoms with Crippen LogP contribution >= 0.6 is 23.2 Å². The average molecular weight is 347 g/mol. The molecule has 0 bridgehead atoms. The third-order valence-electron chi connectivity index (χ3n) is 2.80. The number of rotatable bonds is 5. The van der Waals surface area contributed by atoms with Gasteiger partial charge in [0.1, 0.15) is 11.6 Å². The zero-order chi connectivity index (χ0) is 16.7. The van der Waals surface area contributed by atoms with E-state index in [1.165, 1.54) is 12.3 Å². The number of halogens is 2. The summed E-state index contributed by atoms with van der Waals surface area (Å²) in [5.41, 5.74) is 1.10. The van der Waals surface area contributed by atoms with Gasteiger partial charge in [0, 0.05) is 17.4 Å². The first-order valence-corrected chi connectivity index (χ1v) is 7.35. The fourth-order valence-electron chi connectivity index (χ4n) is 1.69. The van der Waals surface area contributed by atoms with Crippen LogP contribution in [0.15, 0.2) is 54.4 Å². The molecule has 1 amide bonds. The number of pyridine rings is 1. The Kier molecular flexibility index (Phi) is 5.98. The van der Waals surface area contributed by atoms with Crippen molar-refractivity contribution in [1.29, 1.82) is 5.26 Å². The van der Waals surface area contributed by atoms with Gasteiger partial charge in [0.2, 0.25) is 0 Å². The van der Waals surface area contributed by atoms with Crippen molar-refractivity contribution in [2.75, 3.05) is 5.32 Å². The van der Waals surface area contributed by atoms with Crippen molar-refractivity contribution in [3.63, 3.8) is 0 Å². The first kappa shape index (κ1) is 16.8. The molecule has 2 rings (SSSR count). The molecule has 0 radical (unpaired) electrons. The van der Waals surface area contributed by atoms with Gasteiger partial charge in [-0.3, -0.25) is 9.78 Å². The van der Waals surface area contributed by atoms with Crippen LogP contribution < -0.4 is 10.6 Å². The van der Waals surface area contributed by atoms with Gasteiger partial charge in [-0.2, -0.15) is 5.26 Å². The van der Waals surface area contributed by atoms with E-state index in [0.29, 0.717) is 22.3 Å². The number of nitriles is 1. The SMILES string of the molecule is N#C/C(=C/NCc1ccccn1)C(=O)Nc1ccc(Cl)cc1Cl. The highest BCUT2D eigenvalue weighted by Gasteiger charge is 2.11. The van der Waals surface area contributed by atoms with Gasteiger partial charge in [0.25, 0.3) is 5.91 Å². The predicted molar refractivity (Wildman–Crippen MR) is 89.9 cm³/mol. The molecule has 2 aromatic rings. The van der Waals surface area contributed by atoms with E-state index in [9.17, 15) is 4.79 Å². The Hall–Kier alpha value is -2.55. The largest absolute Gasteiger partial charge is 0.384 e. The van der Waals surface area contributed by atoms with E-state index in [1.54, 1.807) is 18.3 Å². The van der Waals surface area contributed by atoms with Crippen molar-refractivity contribution in [3.8, 4) is 6.07 Å². The van der Waals surface area contributed by atoms with Crippen LogP contribution in [0.5, 0.6) is 0 Å². The minimum atomic E-state index is -0.565. The molecule has 0 saturated heterocycles. The van der Waals surface area contributed by atoms with Crippen LogP contribution in [-0.2, 0) is 11.3 Å². The number of aromatic nitrogens is 1. The molecule has 0 atom stereocenters. The molecule has 0 aliphatic rings. The molecule has 7 heteroatoms. The first-order valence-electron chi connectivity index (χ1n) is 6.60. The van der Waals surface area contributed by atoms with Gasteiger partial charge in [-0.15, -0.1) is 0 Å². The first-order chi connectivity index (χ1) is 11.1. The Morgan fingerprint density at radius 2 is 2.13 bits per heavy atom. The number of hydrogen-bond donors (Lipinski definition) is 2. The number of hydrogen-bond acceptors (Lipinski definition) is 4. The maximum absolute atomic E-state index is 12.1. The minimum absolute atomic E-state index is 0.0769. The summed E-state index contributed by atoms with van der Waals surface area (Å²) >= 11 is 11.8. The molecule has 0 spiro atoms. The number of nitrogens with one attached hydrogen (secondary N) is 2. The van der Waals surface area contributed by atoms with E-state index < -0.39 is 5.91 Å². The number of nitrogens with zero attached hydrogens (tertiary/aromatic N) is 2. The Bertz CT molecular complexity index is 769. The van der Waals surface area contributed by atoms with Crippen molar-refractivity contribution in [1.82, 2.24) is 10.3 Å². The lowest BCUT2D eigenvalue weighted by Crippen LogP contribution is -2.17. The van der Waals surface area contributed by atoms with E-state index in [4.69, 9.17) is 28.5 Å². The van der Waals surface area contributed by atoms with Crippen LogP contribution in [-0.4, -0.2) is 10.9 Å². The molecule has 5 nitrogen and oxygen atoms in total. The van der Waals surface area contributed by atoms with E-state index in [1.807, 2.05) is 24.3 Å². The summed E-state index contributed by atoms with van der Waals surface area (Å²) in [5.74, 6) is -0.565. The normalized spacial score (nSPS) is 10.7. The van der Waals surface area contributed by atoms with Crippen molar-refractivity contribution in [2.45, 2.75) is 6.54 Å². The third kappa shape index (κ3) is 4.99. The summed E-state index contributed by atoms with van der Waals surface area (Å²) in [4.78, 5) is 16.2. The Morgan fingerprint density at radius 3 is 2.78 bits per heavy atom. The van der Waals surface area contributed by atoms with Gasteiger partial charge < -0.3 is 10.6 Å². The monoisotopic (exact) mass is 346 g/mol. The van der Waals surface area contributed by atoms with Gasteiger partial charge in [-0.1, -0.05) is 29.3 Å². The fourth-order valence-corrected chi connectivity index (χ4v) is 2.15. The molecule has 2 N–H and O–H groups in total. The number of carbonyl (C=O) groups excluding carboxylic acids is 1. The Morgan fingerprint density at radius 1 is 1.30 bits per heavy atom. The lowest BCUT2D eigenvalue weighted by molar-refractivity contribution is -0.112. The highest BCUT2D eigenvalue weighted by atomic mass is 35.5. The third-order valence-corrected chi connectivity index (χ3v) is 3.35. The Labute approximate surface area is 143 Å². The van der Waals surface area contributed by atoms with Gasteiger partial charge >= 0.3 is 0 Å².